The summed E-state index contributed by atoms with van der Waals surface area (Å²) in [4.78, 5) is 0. The normalized spacial score (nSPS) is 14.2. The van der Waals surface area contributed by atoms with E-state index in [-0.39, 0.29) is 17.0 Å². The van der Waals surface area contributed by atoms with Crippen LogP contribution in [0, 0.1) is 13.8 Å². The molecule has 0 amide bonds. The van der Waals surface area contributed by atoms with Crippen molar-refractivity contribution in [3.63, 3.8) is 0 Å². The Labute approximate surface area is 109 Å². The minimum atomic E-state index is -3.03. The molecule has 0 saturated carbocycles. The van der Waals surface area contributed by atoms with Crippen molar-refractivity contribution in [2.75, 3.05) is 5.75 Å². The van der Waals surface area contributed by atoms with Crippen LogP contribution < -0.4 is 5.73 Å². The molecule has 0 fully saturated rings. The molecule has 104 valence electrons. The first kappa shape index (κ1) is 15.2. The lowest BCUT2D eigenvalue weighted by Crippen LogP contribution is -2.22. The monoisotopic (exact) mass is 273 g/mol. The van der Waals surface area contributed by atoms with E-state index < -0.39 is 9.84 Å². The average molecular weight is 273 g/mol. The van der Waals surface area contributed by atoms with Crippen LogP contribution in [0.3, 0.4) is 0 Å². The van der Waals surface area contributed by atoms with Crippen molar-refractivity contribution in [1.29, 1.82) is 0 Å². The highest BCUT2D eigenvalue weighted by atomic mass is 32.2. The summed E-state index contributed by atoms with van der Waals surface area (Å²) in [6.45, 7) is 9.53. The third kappa shape index (κ3) is 3.11. The molecule has 6 heteroatoms. The van der Waals surface area contributed by atoms with Crippen LogP contribution in [0.1, 0.15) is 43.8 Å². The van der Waals surface area contributed by atoms with E-state index in [0.29, 0.717) is 6.54 Å². The van der Waals surface area contributed by atoms with Crippen LogP contribution in [0.2, 0.25) is 0 Å². The van der Waals surface area contributed by atoms with Crippen molar-refractivity contribution in [3.05, 3.63) is 17.0 Å². The molecule has 0 aromatic carbocycles. The van der Waals surface area contributed by atoms with Crippen molar-refractivity contribution in [3.8, 4) is 0 Å². The van der Waals surface area contributed by atoms with E-state index in [1.807, 2.05) is 20.8 Å². The standard InChI is InChI=1S/C12H23N3O2S/c1-8(2)18(16,17)7-6-15-11(5)12(9(3)13)10(4)14-15/h8-9H,6-7,13H2,1-5H3. The number of aryl methyl sites for hydroxylation is 2. The number of nitrogens with zero attached hydrogens (tertiary/aromatic N) is 2. The van der Waals surface area contributed by atoms with E-state index in [2.05, 4.69) is 5.10 Å². The van der Waals surface area contributed by atoms with Gasteiger partial charge >= 0.3 is 0 Å². The molecule has 1 aromatic heterocycles. The van der Waals surface area contributed by atoms with Gasteiger partial charge in [0.05, 0.1) is 23.2 Å². The molecule has 1 aromatic rings. The summed E-state index contributed by atoms with van der Waals surface area (Å²) < 4.78 is 25.3. The van der Waals surface area contributed by atoms with Gasteiger partial charge in [0.1, 0.15) is 0 Å². The van der Waals surface area contributed by atoms with Gasteiger partial charge in [-0.2, -0.15) is 5.10 Å². The second kappa shape index (κ2) is 5.40. The smallest absolute Gasteiger partial charge is 0.154 e. The highest BCUT2D eigenvalue weighted by Gasteiger charge is 2.19. The minimum Gasteiger partial charge on any atom is -0.324 e. The lowest BCUT2D eigenvalue weighted by molar-refractivity contribution is 0.568. The first-order chi connectivity index (χ1) is 8.16. The Balaban J connectivity index is 2.91. The van der Waals surface area contributed by atoms with Gasteiger partial charge in [-0.05, 0) is 34.6 Å². The molecule has 0 aliphatic carbocycles. The van der Waals surface area contributed by atoms with Gasteiger partial charge in [-0.1, -0.05) is 0 Å². The maximum atomic E-state index is 11.8. The van der Waals surface area contributed by atoms with Crippen molar-refractivity contribution in [1.82, 2.24) is 9.78 Å². The van der Waals surface area contributed by atoms with E-state index in [0.717, 1.165) is 17.0 Å². The van der Waals surface area contributed by atoms with Crippen LogP contribution in [0.5, 0.6) is 0 Å². The van der Waals surface area contributed by atoms with Gasteiger partial charge in [-0.3, -0.25) is 4.68 Å². The molecular weight excluding hydrogens is 250 g/mol. The maximum absolute atomic E-state index is 11.8. The molecule has 1 rings (SSSR count). The third-order valence-corrected chi connectivity index (χ3v) is 5.39. The first-order valence-electron chi connectivity index (χ1n) is 6.18. The van der Waals surface area contributed by atoms with Crippen LogP contribution in [-0.4, -0.2) is 29.2 Å². The van der Waals surface area contributed by atoms with Gasteiger partial charge in [0.15, 0.2) is 9.84 Å². The van der Waals surface area contributed by atoms with Gasteiger partial charge < -0.3 is 5.73 Å². The summed E-state index contributed by atoms with van der Waals surface area (Å²) in [7, 11) is -3.03. The minimum absolute atomic E-state index is 0.0829. The summed E-state index contributed by atoms with van der Waals surface area (Å²) in [6, 6.07) is -0.0829. The first-order valence-corrected chi connectivity index (χ1v) is 7.89. The Bertz CT molecular complexity index is 516. The number of aromatic nitrogens is 2. The molecule has 0 aliphatic heterocycles. The van der Waals surface area contributed by atoms with Gasteiger partial charge in [0.25, 0.3) is 0 Å². The van der Waals surface area contributed by atoms with Crippen molar-refractivity contribution in [2.24, 2.45) is 5.73 Å². The second-order valence-electron chi connectivity index (χ2n) is 5.01. The Morgan fingerprint density at radius 1 is 1.28 bits per heavy atom. The van der Waals surface area contributed by atoms with E-state index in [1.54, 1.807) is 18.5 Å². The highest BCUT2D eigenvalue weighted by Crippen LogP contribution is 2.19. The van der Waals surface area contributed by atoms with E-state index >= 15 is 0 Å². The predicted octanol–water partition coefficient (Wildman–Crippen LogP) is 1.34. The Morgan fingerprint density at radius 3 is 2.22 bits per heavy atom. The number of hydrogen-bond acceptors (Lipinski definition) is 4. The van der Waals surface area contributed by atoms with E-state index in [4.69, 9.17) is 5.73 Å². The van der Waals surface area contributed by atoms with Gasteiger partial charge in [0, 0.05) is 17.3 Å². The molecule has 0 aliphatic rings. The molecule has 1 heterocycles. The SMILES string of the molecule is Cc1nn(CCS(=O)(=O)C(C)C)c(C)c1C(C)N. The van der Waals surface area contributed by atoms with Crippen LogP contribution in [0.4, 0.5) is 0 Å². The van der Waals surface area contributed by atoms with Gasteiger partial charge in [0.2, 0.25) is 0 Å². The lowest BCUT2D eigenvalue weighted by atomic mass is 10.1. The Kier molecular flexibility index (Phi) is 4.55. The zero-order valence-corrected chi connectivity index (χ0v) is 12.6. The summed E-state index contributed by atoms with van der Waals surface area (Å²) in [6.07, 6.45) is 0. The fourth-order valence-corrected chi connectivity index (χ4v) is 2.94. The predicted molar refractivity (Wildman–Crippen MR) is 73.2 cm³/mol. The highest BCUT2D eigenvalue weighted by molar-refractivity contribution is 7.91. The number of sulfone groups is 1. The van der Waals surface area contributed by atoms with Crippen molar-refractivity contribution in [2.45, 2.75) is 52.5 Å². The van der Waals surface area contributed by atoms with Gasteiger partial charge in [-0.15, -0.1) is 0 Å². The molecule has 2 N–H and O–H groups in total. The number of nitrogens with two attached hydrogens (primary N) is 1. The molecule has 0 saturated heterocycles. The van der Waals surface area contributed by atoms with Crippen LogP contribution in [-0.2, 0) is 16.4 Å². The van der Waals surface area contributed by atoms with Crippen LogP contribution in [0.25, 0.3) is 0 Å². The molecule has 0 radical (unpaired) electrons. The number of hydrogen-bond donors (Lipinski definition) is 1. The molecule has 1 atom stereocenters. The summed E-state index contributed by atoms with van der Waals surface area (Å²) in [5.74, 6) is 0.116. The van der Waals surface area contributed by atoms with Crippen LogP contribution >= 0.6 is 0 Å². The fourth-order valence-electron chi connectivity index (χ4n) is 2.04. The molecule has 1 unspecified atom stereocenters. The zero-order chi connectivity index (χ0) is 14.1. The Hall–Kier alpha value is -0.880. The van der Waals surface area contributed by atoms with Crippen LogP contribution in [0.15, 0.2) is 0 Å². The number of rotatable bonds is 5. The third-order valence-electron chi connectivity index (χ3n) is 3.20. The summed E-state index contributed by atoms with van der Waals surface area (Å²) in [5, 5.41) is 4.02. The zero-order valence-electron chi connectivity index (χ0n) is 11.8. The molecule has 18 heavy (non-hydrogen) atoms. The second-order valence-corrected chi connectivity index (χ2v) is 7.69. The quantitative estimate of drug-likeness (QED) is 0.878. The average Bonchev–Trinajstić information content (AvgIpc) is 2.50. The van der Waals surface area contributed by atoms with E-state index in [1.165, 1.54) is 0 Å². The topological polar surface area (TPSA) is 78.0 Å². The van der Waals surface area contributed by atoms with E-state index in [9.17, 15) is 8.42 Å². The molecule has 0 spiro atoms. The summed E-state index contributed by atoms with van der Waals surface area (Å²) in [5.41, 5.74) is 8.74. The fraction of sp³-hybridized carbons (Fsp3) is 0.750. The van der Waals surface area contributed by atoms with Crippen molar-refractivity contribution >= 4 is 9.84 Å². The lowest BCUT2D eigenvalue weighted by Gasteiger charge is -2.10. The maximum Gasteiger partial charge on any atom is 0.154 e. The molecule has 5 nitrogen and oxygen atoms in total. The molecule has 0 bridgehead atoms. The Morgan fingerprint density at radius 2 is 1.83 bits per heavy atom. The molecular formula is C12H23N3O2S. The summed E-state index contributed by atoms with van der Waals surface area (Å²) >= 11 is 0. The van der Waals surface area contributed by atoms with Gasteiger partial charge in [-0.25, -0.2) is 8.42 Å². The van der Waals surface area contributed by atoms with Crippen molar-refractivity contribution < 1.29 is 8.42 Å². The largest absolute Gasteiger partial charge is 0.324 e.